The zero-order chi connectivity index (χ0) is 28.5. The molecule has 0 fully saturated rings. The molecule has 2 N–H and O–H groups in total. The van der Waals surface area contributed by atoms with Crippen LogP contribution in [0.3, 0.4) is 0 Å². The first-order valence-corrected chi connectivity index (χ1v) is 11.5. The van der Waals surface area contributed by atoms with Crippen molar-refractivity contribution in [2.45, 2.75) is 24.9 Å². The van der Waals surface area contributed by atoms with Gasteiger partial charge in [-0.2, -0.15) is 26.3 Å². The fraction of sp³-hybridized carbons (Fsp3) is 0.240. The van der Waals surface area contributed by atoms with Crippen molar-refractivity contribution in [3.63, 3.8) is 0 Å². The molecule has 0 bridgehead atoms. The highest BCUT2D eigenvalue weighted by molar-refractivity contribution is 6.30. The third-order valence-electron chi connectivity index (χ3n) is 5.77. The molecule has 3 aromatic carbocycles. The molecule has 0 aromatic heterocycles. The highest BCUT2D eigenvalue weighted by Crippen LogP contribution is 2.39. The second-order valence-corrected chi connectivity index (χ2v) is 8.89. The number of carbonyl (C=O) groups excluding carboxylic acids is 2. The average Bonchev–Trinajstić information content (AvgIpc) is 3.36. The lowest BCUT2D eigenvalue weighted by molar-refractivity contribution is -0.140. The Morgan fingerprint density at radius 1 is 1.00 bits per heavy atom. The summed E-state index contributed by atoms with van der Waals surface area (Å²) in [7, 11) is 0. The lowest BCUT2D eigenvalue weighted by atomic mass is 9.93. The van der Waals surface area contributed by atoms with Crippen LogP contribution < -0.4 is 10.6 Å². The van der Waals surface area contributed by atoms with Gasteiger partial charge in [0.15, 0.2) is 11.9 Å². The van der Waals surface area contributed by atoms with Crippen molar-refractivity contribution in [2.75, 3.05) is 13.1 Å². The van der Waals surface area contributed by atoms with Crippen LogP contribution in [0.25, 0.3) is 10.8 Å². The minimum absolute atomic E-state index is 0.00811. The van der Waals surface area contributed by atoms with Gasteiger partial charge in [-0.1, -0.05) is 47.1 Å². The monoisotopic (exact) mass is 575 g/mol. The average molecular weight is 576 g/mol. The topological polar surface area (TPSA) is 79.8 Å². The van der Waals surface area contributed by atoms with Gasteiger partial charge in [-0.15, -0.1) is 0 Å². The molecule has 3 aromatic rings. The summed E-state index contributed by atoms with van der Waals surface area (Å²) in [6.07, 6.45) is -10.6. The molecule has 0 unspecified atom stereocenters. The smallest absolute Gasteiger partial charge is 0.387 e. The van der Waals surface area contributed by atoms with E-state index in [2.05, 4.69) is 10.5 Å². The highest BCUT2D eigenvalue weighted by atomic mass is 35.5. The van der Waals surface area contributed by atoms with Gasteiger partial charge in [-0.3, -0.25) is 9.59 Å². The van der Waals surface area contributed by atoms with Gasteiger partial charge in [0.2, 0.25) is 5.91 Å². The number of nitrogens with one attached hydrogen (secondary N) is 2. The Morgan fingerprint density at radius 2 is 1.69 bits per heavy atom. The predicted octanol–water partition coefficient (Wildman–Crippen LogP) is 5.93. The van der Waals surface area contributed by atoms with Gasteiger partial charge >= 0.3 is 12.4 Å². The summed E-state index contributed by atoms with van der Waals surface area (Å²) in [6, 6.07) is 11.1. The molecule has 1 aliphatic heterocycles. The molecule has 14 heteroatoms. The second-order valence-electron chi connectivity index (χ2n) is 8.48. The molecule has 6 nitrogen and oxygen atoms in total. The fourth-order valence-electron chi connectivity index (χ4n) is 3.98. The van der Waals surface area contributed by atoms with Crippen LogP contribution in [-0.2, 0) is 15.8 Å². The largest absolute Gasteiger partial charge is 0.419 e. The number of benzene rings is 3. The van der Waals surface area contributed by atoms with Gasteiger partial charge in [0, 0.05) is 17.5 Å². The molecule has 0 aliphatic carbocycles. The summed E-state index contributed by atoms with van der Waals surface area (Å²) in [5.74, 6) is -3.34. The Morgan fingerprint density at radius 3 is 2.36 bits per heavy atom. The normalized spacial score (nSPS) is 15.6. The van der Waals surface area contributed by atoms with Crippen LogP contribution in [0.2, 0.25) is 5.02 Å². The molecule has 206 valence electrons. The molecule has 0 radical (unpaired) electrons. The van der Waals surface area contributed by atoms with E-state index in [0.717, 1.165) is 6.07 Å². The van der Waals surface area contributed by atoms with Crippen molar-refractivity contribution < 1.29 is 45.2 Å². The van der Waals surface area contributed by atoms with Crippen LogP contribution >= 0.6 is 11.6 Å². The van der Waals surface area contributed by atoms with Gasteiger partial charge in [0.1, 0.15) is 6.54 Å². The standard InChI is InChI=1S/C25H17ClF7N3O3/c26-18-8-12(7-17(22(18)27)25(31,32)33)20-9-19(36-39-20)15-5-6-16(14-4-2-1-3-13(14)15)23(38)34-10-21(37)35-11-24(28,29)30/h1-8,20H,9-11H2,(H,34,38)(H,35,37)/t20-/m0/s1. The van der Waals surface area contributed by atoms with Gasteiger partial charge in [-0.25, -0.2) is 4.39 Å². The van der Waals surface area contributed by atoms with E-state index >= 15 is 0 Å². The van der Waals surface area contributed by atoms with E-state index in [-0.39, 0.29) is 17.5 Å². The van der Waals surface area contributed by atoms with E-state index in [0.29, 0.717) is 28.1 Å². The molecular weight excluding hydrogens is 559 g/mol. The summed E-state index contributed by atoms with van der Waals surface area (Å²) in [6.45, 7) is -2.22. The maximum absolute atomic E-state index is 13.9. The summed E-state index contributed by atoms with van der Waals surface area (Å²) in [5, 5.41) is 8.11. The highest BCUT2D eigenvalue weighted by Gasteiger charge is 2.37. The van der Waals surface area contributed by atoms with E-state index < -0.39 is 59.8 Å². The summed E-state index contributed by atoms with van der Waals surface area (Å²) < 4.78 is 90.4. The van der Waals surface area contributed by atoms with Crippen molar-refractivity contribution in [1.82, 2.24) is 10.6 Å². The van der Waals surface area contributed by atoms with E-state index in [4.69, 9.17) is 16.4 Å². The number of fused-ring (bicyclic) bond motifs is 1. The van der Waals surface area contributed by atoms with Crippen molar-refractivity contribution >= 4 is 39.9 Å². The fourth-order valence-corrected chi connectivity index (χ4v) is 4.21. The van der Waals surface area contributed by atoms with Gasteiger partial charge < -0.3 is 15.5 Å². The molecule has 0 spiro atoms. The Bertz CT molecular complexity index is 1470. The third-order valence-corrected chi connectivity index (χ3v) is 6.05. The molecule has 1 atom stereocenters. The van der Waals surface area contributed by atoms with Crippen molar-refractivity contribution in [3.05, 3.63) is 81.6 Å². The van der Waals surface area contributed by atoms with E-state index in [1.807, 2.05) is 0 Å². The molecule has 2 amide bonds. The Balaban J connectivity index is 1.54. The molecule has 0 saturated heterocycles. The van der Waals surface area contributed by atoms with Crippen molar-refractivity contribution in [2.24, 2.45) is 5.16 Å². The predicted molar refractivity (Wildman–Crippen MR) is 127 cm³/mol. The first kappa shape index (κ1) is 28.1. The zero-order valence-electron chi connectivity index (χ0n) is 19.5. The summed E-state index contributed by atoms with van der Waals surface area (Å²) in [5.41, 5.74) is -0.610. The third kappa shape index (κ3) is 6.41. The number of carbonyl (C=O) groups is 2. The van der Waals surface area contributed by atoms with Gasteiger partial charge in [0.25, 0.3) is 5.91 Å². The molecule has 4 rings (SSSR count). The Hall–Kier alpha value is -3.87. The Kier molecular flexibility index (Phi) is 7.73. The number of nitrogens with zero attached hydrogens (tertiary/aromatic N) is 1. The minimum Gasteiger partial charge on any atom is -0.387 e. The van der Waals surface area contributed by atoms with Crippen LogP contribution in [0.15, 0.2) is 53.7 Å². The first-order chi connectivity index (χ1) is 18.2. The van der Waals surface area contributed by atoms with E-state index in [1.165, 1.54) is 12.1 Å². The van der Waals surface area contributed by atoms with Crippen LogP contribution in [-0.4, -0.2) is 36.8 Å². The maximum atomic E-state index is 13.9. The van der Waals surface area contributed by atoms with Crippen molar-refractivity contribution in [3.8, 4) is 0 Å². The quantitative estimate of drug-likeness (QED) is 0.358. The van der Waals surface area contributed by atoms with Gasteiger partial charge in [0.05, 0.1) is 22.8 Å². The molecule has 1 heterocycles. The lowest BCUT2D eigenvalue weighted by Gasteiger charge is -2.15. The molecular formula is C25H17ClF7N3O3. The van der Waals surface area contributed by atoms with E-state index in [9.17, 15) is 40.3 Å². The summed E-state index contributed by atoms with van der Waals surface area (Å²) >= 11 is 5.68. The van der Waals surface area contributed by atoms with E-state index in [1.54, 1.807) is 29.6 Å². The van der Waals surface area contributed by atoms with Crippen molar-refractivity contribution in [1.29, 1.82) is 0 Å². The number of amides is 2. The van der Waals surface area contributed by atoms with Crippen LogP contribution in [0.4, 0.5) is 30.7 Å². The van der Waals surface area contributed by atoms with Crippen LogP contribution in [0, 0.1) is 5.82 Å². The molecule has 39 heavy (non-hydrogen) atoms. The van der Waals surface area contributed by atoms with Crippen LogP contribution in [0.1, 0.15) is 39.6 Å². The summed E-state index contributed by atoms with van der Waals surface area (Å²) in [4.78, 5) is 29.7. The number of rotatable bonds is 6. The number of hydrogen-bond acceptors (Lipinski definition) is 4. The number of alkyl halides is 6. The minimum atomic E-state index is -4.97. The maximum Gasteiger partial charge on any atom is 0.419 e. The Labute approximate surface area is 220 Å². The lowest BCUT2D eigenvalue weighted by Crippen LogP contribution is -2.40. The van der Waals surface area contributed by atoms with Crippen LogP contribution in [0.5, 0.6) is 0 Å². The second kappa shape index (κ2) is 10.7. The number of hydrogen-bond donors (Lipinski definition) is 2. The SMILES string of the molecule is O=C(CNC(=O)c1ccc(C2=NO[C@H](c3cc(Cl)c(F)c(C(F)(F)F)c3)C2)c2ccccc12)NCC(F)(F)F. The zero-order valence-corrected chi connectivity index (χ0v) is 20.3. The number of halogens is 8. The first-order valence-electron chi connectivity index (χ1n) is 11.2. The molecule has 1 aliphatic rings. The molecule has 0 saturated carbocycles. The van der Waals surface area contributed by atoms with Gasteiger partial charge in [-0.05, 0) is 34.5 Å². The number of oxime groups is 1.